The number of para-hydroxylation sites is 1. The van der Waals surface area contributed by atoms with E-state index in [9.17, 15) is 0 Å². The summed E-state index contributed by atoms with van der Waals surface area (Å²) in [6.45, 7) is 0. The van der Waals surface area contributed by atoms with Crippen molar-refractivity contribution in [2.45, 2.75) is 0 Å². The zero-order valence-electron chi connectivity index (χ0n) is 10.1. The van der Waals surface area contributed by atoms with Gasteiger partial charge >= 0.3 is 0 Å². The van der Waals surface area contributed by atoms with Gasteiger partial charge in [-0.25, -0.2) is 9.97 Å². The predicted octanol–water partition coefficient (Wildman–Crippen LogP) is 4.07. The quantitative estimate of drug-likeness (QED) is 0.565. The summed E-state index contributed by atoms with van der Waals surface area (Å²) in [4.78, 5) is 8.43. The molecule has 0 unspecified atom stereocenters. The van der Waals surface area contributed by atoms with Gasteiger partial charge in [0.25, 0.3) is 0 Å². The number of rotatable bonds is 3. The number of methoxy groups -OCH3 is 2. The first-order valence-electron chi connectivity index (χ1n) is 5.18. The smallest absolute Gasteiger partial charge is 0.171 e. The lowest BCUT2D eigenvalue weighted by Gasteiger charge is -2.12. The van der Waals surface area contributed by atoms with Crippen LogP contribution in [0, 0.1) is 3.57 Å². The molecule has 2 aromatic rings. The minimum Gasteiger partial charge on any atom is -0.493 e. The molecule has 0 N–H and O–H groups in total. The van der Waals surface area contributed by atoms with Crippen molar-refractivity contribution in [3.63, 3.8) is 0 Å². The molecule has 100 valence electrons. The van der Waals surface area contributed by atoms with Crippen molar-refractivity contribution in [3.8, 4) is 22.9 Å². The van der Waals surface area contributed by atoms with Crippen LogP contribution in [0.3, 0.4) is 0 Å². The second kappa shape index (κ2) is 6.11. The fourth-order valence-corrected chi connectivity index (χ4v) is 2.21. The van der Waals surface area contributed by atoms with Crippen molar-refractivity contribution in [3.05, 3.63) is 32.1 Å². The van der Waals surface area contributed by atoms with Crippen LogP contribution < -0.4 is 9.47 Å². The highest BCUT2D eigenvalue weighted by molar-refractivity contribution is 14.1. The van der Waals surface area contributed by atoms with Crippen LogP contribution in [0.5, 0.6) is 11.5 Å². The molecule has 0 radical (unpaired) electrons. The zero-order valence-corrected chi connectivity index (χ0v) is 13.7. The number of benzene rings is 1. The van der Waals surface area contributed by atoms with Crippen LogP contribution in [0.15, 0.2) is 18.2 Å². The lowest BCUT2D eigenvalue weighted by Crippen LogP contribution is -1.98. The van der Waals surface area contributed by atoms with Gasteiger partial charge in [0.2, 0.25) is 0 Å². The molecule has 2 rings (SSSR count). The van der Waals surface area contributed by atoms with Gasteiger partial charge in [-0.2, -0.15) is 0 Å². The molecule has 0 aliphatic rings. The molecule has 7 heteroatoms. The Balaban J connectivity index is 2.65. The van der Waals surface area contributed by atoms with Crippen molar-refractivity contribution in [1.29, 1.82) is 0 Å². The highest BCUT2D eigenvalue weighted by Crippen LogP contribution is 2.37. The lowest BCUT2D eigenvalue weighted by atomic mass is 10.1. The van der Waals surface area contributed by atoms with Crippen LogP contribution in [0.1, 0.15) is 0 Å². The molecule has 0 saturated carbocycles. The Bertz CT molecular complexity index is 600. The predicted molar refractivity (Wildman–Crippen MR) is 83.3 cm³/mol. The molecular formula is C12H9Cl2IN2O2. The second-order valence-corrected chi connectivity index (χ2v) is 5.28. The topological polar surface area (TPSA) is 44.2 Å². The maximum atomic E-state index is 6.02. The molecular weight excluding hydrogens is 402 g/mol. The molecule has 19 heavy (non-hydrogen) atoms. The normalized spacial score (nSPS) is 10.4. The Kier molecular flexibility index (Phi) is 4.70. The molecule has 1 aromatic heterocycles. The van der Waals surface area contributed by atoms with Gasteiger partial charge in [-0.05, 0) is 34.7 Å². The number of nitrogens with zero attached hydrogens (tertiary/aromatic N) is 2. The summed E-state index contributed by atoms with van der Waals surface area (Å²) in [7, 11) is 3.12. The Labute approximate surface area is 134 Å². The van der Waals surface area contributed by atoms with E-state index in [1.165, 1.54) is 0 Å². The molecule has 0 saturated heterocycles. The SMILES string of the molecule is COc1cccc(-c2nc(Cl)c(I)c(Cl)n2)c1OC. The monoisotopic (exact) mass is 410 g/mol. The summed E-state index contributed by atoms with van der Waals surface area (Å²) in [5, 5.41) is 0.612. The molecule has 0 spiro atoms. The Morgan fingerprint density at radius 3 is 2.21 bits per heavy atom. The molecule has 0 fully saturated rings. The largest absolute Gasteiger partial charge is 0.493 e. The van der Waals surface area contributed by atoms with E-state index in [4.69, 9.17) is 32.7 Å². The summed E-state index contributed by atoms with van der Waals surface area (Å²) >= 11 is 14.0. The third-order valence-electron chi connectivity index (χ3n) is 2.41. The van der Waals surface area contributed by atoms with Gasteiger partial charge in [-0.1, -0.05) is 29.3 Å². The van der Waals surface area contributed by atoms with Gasteiger partial charge in [0, 0.05) is 0 Å². The standard InChI is InChI=1S/C12H9Cl2IN2O2/c1-18-7-5-3-4-6(9(7)19-2)12-16-10(13)8(15)11(14)17-12/h3-5H,1-2H3. The average molecular weight is 411 g/mol. The number of ether oxygens (including phenoxy) is 2. The van der Waals surface area contributed by atoms with Crippen LogP contribution in [-0.4, -0.2) is 24.2 Å². The fourth-order valence-electron chi connectivity index (χ4n) is 1.58. The van der Waals surface area contributed by atoms with Crippen LogP contribution >= 0.6 is 45.8 Å². The van der Waals surface area contributed by atoms with E-state index in [0.29, 0.717) is 36.8 Å². The van der Waals surface area contributed by atoms with Crippen molar-refractivity contribution < 1.29 is 9.47 Å². The lowest BCUT2D eigenvalue weighted by molar-refractivity contribution is 0.356. The Hall–Kier alpha value is -0.790. The first-order chi connectivity index (χ1) is 9.08. The minimum absolute atomic E-state index is 0.306. The van der Waals surface area contributed by atoms with E-state index < -0.39 is 0 Å². The van der Waals surface area contributed by atoms with Crippen LogP contribution in [0.2, 0.25) is 10.3 Å². The van der Waals surface area contributed by atoms with E-state index in [1.54, 1.807) is 20.3 Å². The number of aromatic nitrogens is 2. The summed E-state index contributed by atoms with van der Waals surface area (Å²) < 4.78 is 11.2. The molecule has 0 atom stereocenters. The van der Waals surface area contributed by atoms with Gasteiger partial charge in [0.05, 0.1) is 23.4 Å². The highest BCUT2D eigenvalue weighted by Gasteiger charge is 2.16. The number of halogens is 3. The first kappa shape index (κ1) is 14.6. The van der Waals surface area contributed by atoms with Gasteiger partial charge in [0.1, 0.15) is 10.3 Å². The first-order valence-corrected chi connectivity index (χ1v) is 7.01. The summed E-state index contributed by atoms with van der Waals surface area (Å²) in [6, 6.07) is 5.42. The molecule has 0 aliphatic carbocycles. The summed E-state index contributed by atoms with van der Waals surface area (Å²) in [5.41, 5.74) is 0.669. The van der Waals surface area contributed by atoms with E-state index in [2.05, 4.69) is 9.97 Å². The van der Waals surface area contributed by atoms with E-state index >= 15 is 0 Å². The van der Waals surface area contributed by atoms with Crippen molar-refractivity contribution in [1.82, 2.24) is 9.97 Å². The summed E-state index contributed by atoms with van der Waals surface area (Å²) in [6.07, 6.45) is 0. The van der Waals surface area contributed by atoms with Crippen molar-refractivity contribution >= 4 is 45.8 Å². The third-order valence-corrected chi connectivity index (χ3v) is 4.62. The highest BCUT2D eigenvalue weighted by atomic mass is 127. The minimum atomic E-state index is 0.306. The molecule has 1 aromatic carbocycles. The number of hydrogen-bond donors (Lipinski definition) is 0. The molecule has 0 bridgehead atoms. The molecule has 0 amide bonds. The molecule has 1 heterocycles. The van der Waals surface area contributed by atoms with Gasteiger partial charge in [-0.15, -0.1) is 0 Å². The van der Waals surface area contributed by atoms with E-state index in [1.807, 2.05) is 34.7 Å². The van der Waals surface area contributed by atoms with Crippen LogP contribution in [0.25, 0.3) is 11.4 Å². The zero-order chi connectivity index (χ0) is 14.0. The van der Waals surface area contributed by atoms with Crippen LogP contribution in [-0.2, 0) is 0 Å². The molecule has 4 nitrogen and oxygen atoms in total. The Morgan fingerprint density at radius 2 is 1.68 bits per heavy atom. The number of hydrogen-bond acceptors (Lipinski definition) is 4. The van der Waals surface area contributed by atoms with E-state index in [0.717, 1.165) is 0 Å². The average Bonchev–Trinajstić information content (AvgIpc) is 2.43. The van der Waals surface area contributed by atoms with Gasteiger partial charge < -0.3 is 9.47 Å². The fraction of sp³-hybridized carbons (Fsp3) is 0.167. The van der Waals surface area contributed by atoms with Crippen molar-refractivity contribution in [2.24, 2.45) is 0 Å². The van der Waals surface area contributed by atoms with E-state index in [-0.39, 0.29) is 0 Å². The van der Waals surface area contributed by atoms with Gasteiger partial charge in [0.15, 0.2) is 17.3 Å². The van der Waals surface area contributed by atoms with Gasteiger partial charge in [-0.3, -0.25) is 0 Å². The summed E-state index contributed by atoms with van der Waals surface area (Å²) in [5.74, 6) is 1.53. The maximum Gasteiger partial charge on any atom is 0.171 e. The Morgan fingerprint density at radius 1 is 1.05 bits per heavy atom. The van der Waals surface area contributed by atoms with Crippen molar-refractivity contribution in [2.75, 3.05) is 14.2 Å². The van der Waals surface area contributed by atoms with Crippen LogP contribution in [0.4, 0.5) is 0 Å². The second-order valence-electron chi connectivity index (χ2n) is 3.48. The molecule has 0 aliphatic heterocycles. The third kappa shape index (κ3) is 2.88. The maximum absolute atomic E-state index is 6.02.